The number of piperazine rings is 1. The number of anilines is 1. The fourth-order valence-electron chi connectivity index (χ4n) is 4.21. The molecule has 0 aliphatic carbocycles. The van der Waals surface area contributed by atoms with Crippen molar-refractivity contribution < 1.29 is 18.0 Å². The molecule has 37 heavy (non-hydrogen) atoms. The lowest BCUT2D eigenvalue weighted by molar-refractivity contribution is 0.0954. The standard InChI is InChI=1S/C28H32N4O4S/c1-2-16-29-28(34)25-10-6-7-11-26(25)30-27(33)23-14-12-22(13-15-23)21-31-17-19-32(20-18-31)37(35,36)24-8-4-3-5-9-24/h3-15H,2,16-21H2,1H3,(H,29,34)(H,30,33). The van der Waals surface area contributed by atoms with E-state index in [2.05, 4.69) is 15.5 Å². The van der Waals surface area contributed by atoms with Crippen molar-refractivity contribution in [1.82, 2.24) is 14.5 Å². The Labute approximate surface area is 218 Å². The first-order chi connectivity index (χ1) is 17.9. The molecule has 0 radical (unpaired) electrons. The number of carbonyl (C=O) groups excluding carboxylic acids is 2. The third-order valence-electron chi connectivity index (χ3n) is 6.29. The maximum absolute atomic E-state index is 12.8. The smallest absolute Gasteiger partial charge is 0.255 e. The van der Waals surface area contributed by atoms with E-state index in [-0.39, 0.29) is 11.8 Å². The largest absolute Gasteiger partial charge is 0.352 e. The molecular weight excluding hydrogens is 488 g/mol. The van der Waals surface area contributed by atoms with E-state index in [0.29, 0.717) is 61.0 Å². The van der Waals surface area contributed by atoms with Crippen LogP contribution in [-0.4, -0.2) is 62.2 Å². The summed E-state index contributed by atoms with van der Waals surface area (Å²) in [6.07, 6.45) is 0.828. The number of sulfonamides is 1. The molecule has 0 atom stereocenters. The lowest BCUT2D eigenvalue weighted by atomic mass is 10.1. The van der Waals surface area contributed by atoms with Crippen LogP contribution in [0.1, 0.15) is 39.6 Å². The van der Waals surface area contributed by atoms with Crippen LogP contribution in [0.2, 0.25) is 0 Å². The SMILES string of the molecule is CCCNC(=O)c1ccccc1NC(=O)c1ccc(CN2CCN(S(=O)(=O)c3ccccc3)CC2)cc1. The third-order valence-corrected chi connectivity index (χ3v) is 8.20. The Hall–Kier alpha value is -3.53. The molecule has 1 aliphatic rings. The number of benzene rings is 3. The zero-order valence-corrected chi connectivity index (χ0v) is 21.7. The van der Waals surface area contributed by atoms with Crippen molar-refractivity contribution in [2.45, 2.75) is 24.8 Å². The van der Waals surface area contributed by atoms with Gasteiger partial charge in [-0.05, 0) is 48.4 Å². The number of hydrogen-bond donors (Lipinski definition) is 2. The summed E-state index contributed by atoms with van der Waals surface area (Å²) in [4.78, 5) is 27.8. The van der Waals surface area contributed by atoms with Gasteiger partial charge in [0.05, 0.1) is 16.1 Å². The first kappa shape index (κ1) is 26.5. The normalized spacial score (nSPS) is 14.7. The van der Waals surface area contributed by atoms with Crippen LogP contribution in [0.5, 0.6) is 0 Å². The first-order valence-electron chi connectivity index (χ1n) is 12.4. The van der Waals surface area contributed by atoms with Crippen LogP contribution in [0.25, 0.3) is 0 Å². The van der Waals surface area contributed by atoms with Gasteiger partial charge in [0.1, 0.15) is 0 Å². The van der Waals surface area contributed by atoms with E-state index in [1.165, 1.54) is 4.31 Å². The summed E-state index contributed by atoms with van der Waals surface area (Å²) in [7, 11) is -3.48. The summed E-state index contributed by atoms with van der Waals surface area (Å²) in [5, 5.41) is 5.68. The number of carbonyl (C=O) groups is 2. The molecule has 4 rings (SSSR count). The van der Waals surface area contributed by atoms with E-state index in [4.69, 9.17) is 0 Å². The van der Waals surface area contributed by atoms with Crippen LogP contribution >= 0.6 is 0 Å². The van der Waals surface area contributed by atoms with Gasteiger partial charge in [-0.25, -0.2) is 8.42 Å². The van der Waals surface area contributed by atoms with Crippen molar-refractivity contribution in [3.63, 3.8) is 0 Å². The molecule has 2 amide bonds. The van der Waals surface area contributed by atoms with E-state index in [1.807, 2.05) is 19.1 Å². The molecule has 0 unspecified atom stereocenters. The molecule has 3 aromatic carbocycles. The van der Waals surface area contributed by atoms with Crippen molar-refractivity contribution >= 4 is 27.5 Å². The van der Waals surface area contributed by atoms with E-state index in [1.54, 1.807) is 66.7 Å². The number of rotatable bonds is 9. The summed E-state index contributed by atoms with van der Waals surface area (Å²) in [5.41, 5.74) is 2.42. The molecule has 1 heterocycles. The van der Waals surface area contributed by atoms with Crippen LogP contribution in [-0.2, 0) is 16.6 Å². The second-order valence-electron chi connectivity index (χ2n) is 8.95. The third kappa shape index (κ3) is 6.62. The van der Waals surface area contributed by atoms with E-state index < -0.39 is 10.0 Å². The zero-order valence-electron chi connectivity index (χ0n) is 20.9. The van der Waals surface area contributed by atoms with Gasteiger partial charge in [0, 0.05) is 44.8 Å². The van der Waals surface area contributed by atoms with Crippen molar-refractivity contribution in [3.05, 3.63) is 95.6 Å². The average molecular weight is 521 g/mol. The topological polar surface area (TPSA) is 98.8 Å². The maximum atomic E-state index is 12.8. The Kier molecular flexibility index (Phi) is 8.70. The average Bonchev–Trinajstić information content (AvgIpc) is 2.93. The van der Waals surface area contributed by atoms with Crippen LogP contribution in [0, 0.1) is 0 Å². The van der Waals surface area contributed by atoms with Crippen molar-refractivity contribution in [3.8, 4) is 0 Å². The molecule has 0 bridgehead atoms. The lowest BCUT2D eigenvalue weighted by Crippen LogP contribution is -2.48. The molecule has 3 aromatic rings. The minimum absolute atomic E-state index is 0.218. The Morgan fingerprint density at radius 1 is 0.811 bits per heavy atom. The fourth-order valence-corrected chi connectivity index (χ4v) is 5.65. The Balaban J connectivity index is 1.32. The molecule has 0 spiro atoms. The van der Waals surface area contributed by atoms with Crippen molar-refractivity contribution in [2.24, 2.45) is 0 Å². The van der Waals surface area contributed by atoms with E-state index in [0.717, 1.165) is 12.0 Å². The molecule has 1 aliphatic heterocycles. The molecule has 9 heteroatoms. The molecule has 1 saturated heterocycles. The van der Waals surface area contributed by atoms with Gasteiger partial charge in [-0.1, -0.05) is 49.4 Å². The molecule has 1 fully saturated rings. The van der Waals surface area contributed by atoms with Crippen LogP contribution in [0.4, 0.5) is 5.69 Å². The highest BCUT2D eigenvalue weighted by Crippen LogP contribution is 2.19. The first-order valence-corrected chi connectivity index (χ1v) is 13.9. The van der Waals surface area contributed by atoms with Gasteiger partial charge in [-0.3, -0.25) is 14.5 Å². The number of nitrogens with zero attached hydrogens (tertiary/aromatic N) is 2. The van der Waals surface area contributed by atoms with Gasteiger partial charge in [0.2, 0.25) is 10.0 Å². The maximum Gasteiger partial charge on any atom is 0.255 e. The summed E-state index contributed by atoms with van der Waals surface area (Å²) in [6.45, 7) is 5.35. The summed E-state index contributed by atoms with van der Waals surface area (Å²) in [5.74, 6) is -0.508. The quantitative estimate of drug-likeness (QED) is 0.449. The van der Waals surface area contributed by atoms with Gasteiger partial charge in [0.15, 0.2) is 0 Å². The predicted octanol–water partition coefficient (Wildman–Crippen LogP) is 3.59. The zero-order chi connectivity index (χ0) is 26.3. The van der Waals surface area contributed by atoms with Gasteiger partial charge >= 0.3 is 0 Å². The van der Waals surface area contributed by atoms with Gasteiger partial charge < -0.3 is 10.6 Å². The number of hydrogen-bond acceptors (Lipinski definition) is 5. The Morgan fingerprint density at radius 3 is 2.14 bits per heavy atom. The Bertz CT molecular complexity index is 1320. The summed E-state index contributed by atoms with van der Waals surface area (Å²) in [6, 6.07) is 22.8. The van der Waals surface area contributed by atoms with Gasteiger partial charge in [-0.2, -0.15) is 4.31 Å². The molecule has 0 aromatic heterocycles. The minimum atomic E-state index is -3.48. The van der Waals surface area contributed by atoms with Crippen molar-refractivity contribution in [1.29, 1.82) is 0 Å². The fraction of sp³-hybridized carbons (Fsp3) is 0.286. The second kappa shape index (κ2) is 12.1. The number of nitrogens with one attached hydrogen (secondary N) is 2. The van der Waals surface area contributed by atoms with E-state index in [9.17, 15) is 18.0 Å². The Morgan fingerprint density at radius 2 is 1.46 bits per heavy atom. The lowest BCUT2D eigenvalue weighted by Gasteiger charge is -2.34. The van der Waals surface area contributed by atoms with Crippen LogP contribution in [0.3, 0.4) is 0 Å². The summed E-state index contributed by atoms with van der Waals surface area (Å²) >= 11 is 0. The number of amides is 2. The predicted molar refractivity (Wildman–Crippen MR) is 144 cm³/mol. The molecule has 194 valence electrons. The van der Waals surface area contributed by atoms with Crippen LogP contribution < -0.4 is 10.6 Å². The highest BCUT2D eigenvalue weighted by atomic mass is 32.2. The van der Waals surface area contributed by atoms with Crippen LogP contribution in [0.15, 0.2) is 83.8 Å². The highest BCUT2D eigenvalue weighted by molar-refractivity contribution is 7.89. The number of para-hydroxylation sites is 1. The molecular formula is C28H32N4O4S. The summed E-state index contributed by atoms with van der Waals surface area (Å²) < 4.78 is 27.2. The highest BCUT2D eigenvalue weighted by Gasteiger charge is 2.28. The van der Waals surface area contributed by atoms with Gasteiger partial charge in [0.25, 0.3) is 11.8 Å². The van der Waals surface area contributed by atoms with Crippen molar-refractivity contribution in [2.75, 3.05) is 38.0 Å². The van der Waals surface area contributed by atoms with E-state index >= 15 is 0 Å². The minimum Gasteiger partial charge on any atom is -0.352 e. The molecule has 0 saturated carbocycles. The second-order valence-corrected chi connectivity index (χ2v) is 10.9. The molecule has 2 N–H and O–H groups in total. The monoisotopic (exact) mass is 520 g/mol. The van der Waals surface area contributed by atoms with Gasteiger partial charge in [-0.15, -0.1) is 0 Å². The molecule has 8 nitrogen and oxygen atoms in total.